The first-order chi connectivity index (χ1) is 13.1. The number of hydroxylamine groups is 2. The van der Waals surface area contributed by atoms with Crippen molar-refractivity contribution >= 4 is 29.7 Å². The second-order valence-corrected chi connectivity index (χ2v) is 7.51. The van der Waals surface area contributed by atoms with Gasteiger partial charge < -0.3 is 9.47 Å². The van der Waals surface area contributed by atoms with Crippen molar-refractivity contribution in [3.8, 4) is 5.75 Å². The number of ether oxygens (including phenoxy) is 2. The minimum absolute atomic E-state index is 0.104. The molecule has 0 aliphatic heterocycles. The van der Waals surface area contributed by atoms with Crippen molar-refractivity contribution in [2.75, 3.05) is 14.2 Å². The van der Waals surface area contributed by atoms with Crippen LogP contribution in [0.2, 0.25) is 5.15 Å². The summed E-state index contributed by atoms with van der Waals surface area (Å²) in [5.41, 5.74) is 0.424. The average molecular weight is 408 g/mol. The number of benzene rings is 1. The van der Waals surface area contributed by atoms with Crippen molar-refractivity contribution in [1.29, 1.82) is 0 Å². The molecule has 7 nitrogen and oxygen atoms in total. The van der Waals surface area contributed by atoms with Crippen LogP contribution in [0.4, 0.5) is 5.69 Å². The van der Waals surface area contributed by atoms with Crippen LogP contribution in [0, 0.1) is 0 Å². The van der Waals surface area contributed by atoms with Crippen molar-refractivity contribution in [3.05, 3.63) is 52.8 Å². The highest BCUT2D eigenvalue weighted by atomic mass is 35.5. The van der Waals surface area contributed by atoms with E-state index in [1.807, 2.05) is 32.9 Å². The number of pyridine rings is 1. The molecule has 0 spiro atoms. The quantitative estimate of drug-likeness (QED) is 0.227. The molecular weight excluding hydrogens is 384 g/mol. The fourth-order valence-electron chi connectivity index (χ4n) is 2.77. The van der Waals surface area contributed by atoms with Gasteiger partial charge in [-0.3, -0.25) is 0 Å². The summed E-state index contributed by atoms with van der Waals surface area (Å²) in [5.74, 6) is 0.0454. The Labute approximate surface area is 169 Å². The Bertz CT molecular complexity index is 849. The number of carbonyl (C=O) groups excluding carboxylic acids is 2. The fraction of sp³-hybridized carbons (Fsp3) is 0.350. The number of carbonyl (C=O) groups is 2. The first kappa shape index (κ1) is 21.8. The second kappa shape index (κ2) is 8.68. The molecule has 0 fully saturated rings. The van der Waals surface area contributed by atoms with Crippen LogP contribution in [0.15, 0.2) is 36.5 Å². The number of hydrogen-bond donors (Lipinski definition) is 0. The number of amides is 1. The molecule has 150 valence electrons. The fourth-order valence-corrected chi connectivity index (χ4v) is 2.93. The van der Waals surface area contributed by atoms with Crippen LogP contribution in [0.5, 0.6) is 5.75 Å². The highest BCUT2D eigenvalue weighted by molar-refractivity contribution is 6.29. The molecular formula is C20H24ClN2O5+. The molecule has 2 aromatic rings. The summed E-state index contributed by atoms with van der Waals surface area (Å²) in [7, 11) is 2.83. The van der Waals surface area contributed by atoms with E-state index in [1.165, 1.54) is 19.4 Å². The van der Waals surface area contributed by atoms with E-state index in [1.54, 1.807) is 19.2 Å². The molecule has 0 radical (unpaired) electrons. The summed E-state index contributed by atoms with van der Waals surface area (Å²) in [5, 5.41) is 0.105. The third-order valence-corrected chi connectivity index (χ3v) is 4.05. The van der Waals surface area contributed by atoms with E-state index >= 15 is 0 Å². The van der Waals surface area contributed by atoms with Gasteiger partial charge in [-0.05, 0) is 51.1 Å². The molecule has 1 heterocycles. The zero-order valence-corrected chi connectivity index (χ0v) is 17.3. The van der Waals surface area contributed by atoms with Crippen LogP contribution in [-0.2, 0) is 20.9 Å². The molecule has 0 aliphatic rings. The van der Waals surface area contributed by atoms with E-state index in [0.29, 0.717) is 12.2 Å². The maximum atomic E-state index is 12.4. The SMILES string of the molecule is COC(=O)c1cc(Cl)ncc1[N+](C=O)(Cc1ccc(OC)cc1)OC(C)(C)C. The molecule has 1 amide bonds. The lowest BCUT2D eigenvalue weighted by molar-refractivity contribution is -0.213. The zero-order chi connectivity index (χ0) is 20.9. The van der Waals surface area contributed by atoms with Gasteiger partial charge in [-0.1, -0.05) is 16.2 Å². The highest BCUT2D eigenvalue weighted by Crippen LogP contribution is 2.34. The van der Waals surface area contributed by atoms with Gasteiger partial charge in [0.05, 0.1) is 20.4 Å². The Balaban J connectivity index is 2.64. The number of halogens is 1. The van der Waals surface area contributed by atoms with Gasteiger partial charge in [0.25, 0.3) is 0 Å². The third kappa shape index (κ3) is 5.07. The smallest absolute Gasteiger partial charge is 0.344 e. The number of esters is 1. The van der Waals surface area contributed by atoms with Crippen LogP contribution in [0.1, 0.15) is 36.7 Å². The number of rotatable bonds is 7. The second-order valence-electron chi connectivity index (χ2n) is 7.13. The molecule has 1 aromatic carbocycles. The van der Waals surface area contributed by atoms with Gasteiger partial charge in [0.15, 0.2) is 0 Å². The highest BCUT2D eigenvalue weighted by Gasteiger charge is 2.42. The monoisotopic (exact) mass is 407 g/mol. The third-order valence-electron chi connectivity index (χ3n) is 3.85. The Hall–Kier alpha value is -2.48. The normalized spacial score (nSPS) is 13.5. The van der Waals surface area contributed by atoms with Crippen molar-refractivity contribution in [2.24, 2.45) is 0 Å². The van der Waals surface area contributed by atoms with Crippen molar-refractivity contribution in [1.82, 2.24) is 9.63 Å². The van der Waals surface area contributed by atoms with Gasteiger partial charge in [-0.25, -0.2) is 14.6 Å². The first-order valence-electron chi connectivity index (χ1n) is 8.56. The van der Waals surface area contributed by atoms with Crippen LogP contribution in [0.3, 0.4) is 0 Å². The van der Waals surface area contributed by atoms with Crippen LogP contribution in [0.25, 0.3) is 0 Å². The Morgan fingerprint density at radius 3 is 2.36 bits per heavy atom. The van der Waals surface area contributed by atoms with Crippen LogP contribution >= 0.6 is 11.6 Å². The minimum Gasteiger partial charge on any atom is -0.497 e. The zero-order valence-electron chi connectivity index (χ0n) is 16.6. The summed E-state index contributed by atoms with van der Waals surface area (Å²) >= 11 is 5.97. The minimum atomic E-state index is -0.708. The molecule has 0 bridgehead atoms. The van der Waals surface area contributed by atoms with E-state index in [-0.39, 0.29) is 22.9 Å². The standard InChI is InChI=1S/C20H24ClN2O5/c1-20(2,3)28-23(13-24,12-14-6-8-15(26-4)9-7-14)17-11-22-18(21)10-16(17)19(25)27-5/h6-11,13H,12H2,1-5H3/q+1. The molecule has 8 heteroatoms. The predicted molar refractivity (Wildman–Crippen MR) is 106 cm³/mol. The van der Waals surface area contributed by atoms with Crippen molar-refractivity contribution in [3.63, 3.8) is 0 Å². The van der Waals surface area contributed by atoms with Gasteiger partial charge in [-0.15, -0.1) is 0 Å². The maximum Gasteiger partial charge on any atom is 0.344 e. The first-order valence-corrected chi connectivity index (χ1v) is 8.94. The predicted octanol–water partition coefficient (Wildman–Crippen LogP) is 3.92. The summed E-state index contributed by atoms with van der Waals surface area (Å²) in [6.07, 6.45) is 1.99. The molecule has 0 saturated heterocycles. The summed E-state index contributed by atoms with van der Waals surface area (Å²) < 4.78 is 9.42. The number of quaternary nitrogens is 1. The topological polar surface area (TPSA) is 74.7 Å². The lowest BCUT2D eigenvalue weighted by atomic mass is 10.1. The number of hydrogen-bond acceptors (Lipinski definition) is 6. The molecule has 28 heavy (non-hydrogen) atoms. The Kier molecular flexibility index (Phi) is 6.77. The van der Waals surface area contributed by atoms with Crippen molar-refractivity contribution in [2.45, 2.75) is 32.9 Å². The van der Waals surface area contributed by atoms with E-state index in [0.717, 1.165) is 5.56 Å². The van der Waals surface area contributed by atoms with Crippen LogP contribution < -0.4 is 9.38 Å². The lowest BCUT2D eigenvalue weighted by Gasteiger charge is -2.34. The van der Waals surface area contributed by atoms with E-state index in [2.05, 4.69) is 4.98 Å². The van der Waals surface area contributed by atoms with Crippen LogP contribution in [-0.4, -0.2) is 37.2 Å². The molecule has 1 aromatic heterocycles. The lowest BCUT2D eigenvalue weighted by Crippen LogP contribution is -2.52. The number of nitrogens with zero attached hydrogens (tertiary/aromatic N) is 2. The van der Waals surface area contributed by atoms with E-state index in [9.17, 15) is 9.59 Å². The van der Waals surface area contributed by atoms with Gasteiger partial charge in [-0.2, -0.15) is 4.84 Å². The van der Waals surface area contributed by atoms with Gasteiger partial charge >= 0.3 is 12.4 Å². The molecule has 0 aliphatic carbocycles. The largest absolute Gasteiger partial charge is 0.497 e. The molecule has 1 unspecified atom stereocenters. The van der Waals surface area contributed by atoms with E-state index in [4.69, 9.17) is 25.9 Å². The van der Waals surface area contributed by atoms with Gasteiger partial charge in [0, 0.05) is 5.56 Å². The van der Waals surface area contributed by atoms with Gasteiger partial charge in [0.2, 0.25) is 5.69 Å². The number of methoxy groups -OCH3 is 2. The molecule has 0 saturated carbocycles. The summed E-state index contributed by atoms with van der Waals surface area (Å²) in [6.45, 7) is 5.58. The molecule has 1 atom stereocenters. The Morgan fingerprint density at radius 1 is 1.21 bits per heavy atom. The molecule has 2 rings (SSSR count). The average Bonchev–Trinajstić information content (AvgIpc) is 2.66. The summed E-state index contributed by atoms with van der Waals surface area (Å²) in [4.78, 5) is 34.9. The molecule has 0 N–H and O–H groups in total. The number of aromatic nitrogens is 1. The summed E-state index contributed by atoms with van der Waals surface area (Å²) in [6, 6.07) is 8.57. The van der Waals surface area contributed by atoms with E-state index < -0.39 is 16.2 Å². The van der Waals surface area contributed by atoms with Gasteiger partial charge in [0.1, 0.15) is 28.6 Å². The Morgan fingerprint density at radius 2 is 1.86 bits per heavy atom. The van der Waals surface area contributed by atoms with Crippen molar-refractivity contribution < 1.29 is 23.9 Å². The maximum absolute atomic E-state index is 12.4.